The Balaban J connectivity index is 0. The summed E-state index contributed by atoms with van der Waals surface area (Å²) >= 11 is 0. The van der Waals surface area contributed by atoms with Crippen molar-refractivity contribution in [1.29, 1.82) is 0 Å². The van der Waals surface area contributed by atoms with Crippen LogP contribution in [0.4, 0.5) is 13.2 Å². The predicted octanol–water partition coefficient (Wildman–Crippen LogP) is -3.01. The molecule has 0 aromatic carbocycles. The number of rotatable bonds is 2. The average Bonchev–Trinajstić information content (AvgIpc) is 1.56. The third-order valence-electron chi connectivity index (χ3n) is 0.812. The summed E-state index contributed by atoms with van der Waals surface area (Å²) in [6.45, 7) is 0.537. The molecule has 0 aromatic heterocycles. The Labute approximate surface area is 89.7 Å². The summed E-state index contributed by atoms with van der Waals surface area (Å²) in [7, 11) is -5.03. The van der Waals surface area contributed by atoms with Crippen LogP contribution in [0.5, 0.6) is 0 Å². The van der Waals surface area contributed by atoms with Gasteiger partial charge in [-0.1, -0.05) is 0 Å². The summed E-state index contributed by atoms with van der Waals surface area (Å²) < 4.78 is 64.6. The second-order valence-corrected chi connectivity index (χ2v) is 2.98. The van der Waals surface area contributed by atoms with Crippen LogP contribution in [-0.2, 0) is 10.3 Å². The zero-order valence-corrected chi connectivity index (χ0v) is 9.16. The molecule has 1 N–H and O–H groups in total. The maximum Gasteiger partial charge on any atom is 1.00 e. The Morgan fingerprint density at radius 2 is 1.75 bits per heavy atom. The molecule has 0 aromatic rings. The van der Waals surface area contributed by atoms with Crippen LogP contribution in [0.25, 0.3) is 0 Å². The fraction of sp³-hybridized carbons (Fsp3) is 1.00. The fourth-order valence-electron chi connectivity index (χ4n) is 0.283. The van der Waals surface area contributed by atoms with Gasteiger partial charge in [-0.15, -0.1) is 0 Å². The van der Waals surface area contributed by atoms with Gasteiger partial charge in [0.2, 0.25) is 0 Å². The summed E-state index contributed by atoms with van der Waals surface area (Å²) in [5.74, 6) is 0. The van der Waals surface area contributed by atoms with Gasteiger partial charge in [0.05, 0.1) is 0 Å². The van der Waals surface area contributed by atoms with Gasteiger partial charge < -0.3 is 4.55 Å². The Morgan fingerprint density at radius 3 is 1.83 bits per heavy atom. The van der Waals surface area contributed by atoms with Crippen LogP contribution >= 0.6 is 0 Å². The van der Waals surface area contributed by atoms with Crippen LogP contribution < -0.4 is 34.3 Å². The Bertz CT molecular complexity index is 225. The quantitative estimate of drug-likeness (QED) is 0.394. The smallest absolute Gasteiger partial charge is 0.735 e. The van der Waals surface area contributed by atoms with Gasteiger partial charge in [0.1, 0.15) is 6.04 Å². The molecule has 0 aliphatic carbocycles. The van der Waals surface area contributed by atoms with E-state index in [-0.39, 0.29) is 29.6 Å². The van der Waals surface area contributed by atoms with Crippen LogP contribution in [0.2, 0.25) is 0 Å². The van der Waals surface area contributed by atoms with Gasteiger partial charge in [0.25, 0.3) is 0 Å². The van der Waals surface area contributed by atoms with Crippen molar-refractivity contribution < 1.29 is 55.7 Å². The summed E-state index contributed by atoms with van der Waals surface area (Å²) in [6.07, 6.45) is -4.72. The van der Waals surface area contributed by atoms with E-state index in [1.54, 1.807) is 0 Å². The average molecular weight is 215 g/mol. The molecule has 0 radical (unpaired) electrons. The van der Waals surface area contributed by atoms with E-state index in [4.69, 9.17) is 0 Å². The number of nitrogens with one attached hydrogen (secondary N) is 1. The van der Waals surface area contributed by atoms with Crippen molar-refractivity contribution in [3.63, 3.8) is 0 Å². The molecular weight excluding hydrogens is 210 g/mol. The molecule has 1 atom stereocenters. The number of hydrogen-bond acceptors (Lipinski definition) is 3. The van der Waals surface area contributed by atoms with Crippen LogP contribution in [0.15, 0.2) is 0 Å². The van der Waals surface area contributed by atoms with Gasteiger partial charge in [0.15, 0.2) is 10.3 Å². The molecule has 0 rings (SSSR count). The Kier molecular flexibility index (Phi) is 6.03. The number of alkyl halides is 3. The molecule has 0 fully saturated rings. The molecule has 12 heavy (non-hydrogen) atoms. The molecule has 0 aliphatic heterocycles. The maximum atomic E-state index is 11.5. The molecule has 0 bridgehead atoms. The van der Waals surface area contributed by atoms with Gasteiger partial charge in [0, 0.05) is 0 Å². The van der Waals surface area contributed by atoms with Crippen molar-refractivity contribution in [1.82, 2.24) is 4.72 Å². The summed E-state index contributed by atoms with van der Waals surface area (Å²) in [5.41, 5.74) is 0. The van der Waals surface area contributed by atoms with E-state index in [1.807, 2.05) is 0 Å². The van der Waals surface area contributed by atoms with Crippen molar-refractivity contribution in [2.75, 3.05) is 0 Å². The number of hydrogen-bond donors (Lipinski definition) is 1. The normalized spacial score (nSPS) is 15.1. The Morgan fingerprint density at radius 1 is 1.42 bits per heavy atom. The summed E-state index contributed by atoms with van der Waals surface area (Å²) in [5, 5.41) is 0. The van der Waals surface area contributed by atoms with Gasteiger partial charge in [-0.3, -0.25) is 0 Å². The zero-order chi connectivity index (χ0) is 9.28. The fourth-order valence-corrected chi connectivity index (χ4v) is 0.850. The summed E-state index contributed by atoms with van der Waals surface area (Å²) in [6, 6.07) is -2.34. The van der Waals surface area contributed by atoms with E-state index in [2.05, 4.69) is 0 Å². The first-order valence-electron chi connectivity index (χ1n) is 2.43. The molecule has 0 amide bonds. The molecule has 0 saturated heterocycles. The molecule has 0 heterocycles. The van der Waals surface area contributed by atoms with Crippen LogP contribution in [0.3, 0.4) is 0 Å². The van der Waals surface area contributed by atoms with Crippen molar-refractivity contribution >= 4 is 10.3 Å². The molecule has 0 spiro atoms. The van der Waals surface area contributed by atoms with E-state index >= 15 is 0 Å². The monoisotopic (exact) mass is 215 g/mol. The minimum atomic E-state index is -5.03. The first-order valence-corrected chi connectivity index (χ1v) is 3.83. The van der Waals surface area contributed by atoms with Gasteiger partial charge in [-0.2, -0.15) is 13.2 Å². The molecule has 4 nitrogen and oxygen atoms in total. The Hall–Kier alpha value is 0.660. The zero-order valence-electron chi connectivity index (χ0n) is 6.34. The van der Waals surface area contributed by atoms with Crippen molar-refractivity contribution in [3.05, 3.63) is 0 Å². The third kappa shape index (κ3) is 7.32. The van der Waals surface area contributed by atoms with E-state index in [9.17, 15) is 26.1 Å². The summed E-state index contributed by atoms with van der Waals surface area (Å²) in [4.78, 5) is 0. The predicted molar refractivity (Wildman–Crippen MR) is 28.3 cm³/mol. The first kappa shape index (κ1) is 15.1. The van der Waals surface area contributed by atoms with Crippen LogP contribution in [0.1, 0.15) is 6.92 Å². The van der Waals surface area contributed by atoms with E-state index < -0.39 is 22.5 Å². The van der Waals surface area contributed by atoms with Crippen molar-refractivity contribution in [2.45, 2.75) is 19.1 Å². The van der Waals surface area contributed by atoms with Gasteiger partial charge in [-0.25, -0.2) is 13.1 Å². The molecule has 1 unspecified atom stereocenters. The van der Waals surface area contributed by atoms with Crippen molar-refractivity contribution in [3.8, 4) is 0 Å². The van der Waals surface area contributed by atoms with Gasteiger partial charge in [-0.05, 0) is 6.92 Å². The standard InChI is InChI=1S/C3H6F3NO3S.Na/c1-2(3(4,5)6)7-11(8,9)10;/h2,7H,1H3,(H,8,9,10);/q;+1/p-1. The maximum absolute atomic E-state index is 11.5. The van der Waals surface area contributed by atoms with E-state index in [0.29, 0.717) is 6.92 Å². The number of halogens is 3. The SMILES string of the molecule is CC(NS(=O)(=O)[O-])C(F)(F)F.[Na+]. The molecule has 9 heteroatoms. The van der Waals surface area contributed by atoms with Crippen LogP contribution in [0, 0.1) is 0 Å². The van der Waals surface area contributed by atoms with E-state index in [0.717, 1.165) is 4.72 Å². The molecule has 0 aliphatic rings. The largest absolute Gasteiger partial charge is 1.00 e. The molecular formula is C3H5F3NNaO3S. The topological polar surface area (TPSA) is 69.2 Å². The second-order valence-electron chi connectivity index (χ2n) is 1.84. The van der Waals surface area contributed by atoms with Crippen molar-refractivity contribution in [2.24, 2.45) is 0 Å². The van der Waals surface area contributed by atoms with Crippen LogP contribution in [-0.4, -0.2) is 25.2 Å². The molecule has 68 valence electrons. The minimum absolute atomic E-state index is 0. The van der Waals surface area contributed by atoms with Gasteiger partial charge >= 0.3 is 35.7 Å². The minimum Gasteiger partial charge on any atom is -0.735 e. The third-order valence-corrected chi connectivity index (χ3v) is 1.45. The molecule has 0 saturated carbocycles. The second kappa shape index (κ2) is 4.77. The van der Waals surface area contributed by atoms with E-state index in [1.165, 1.54) is 0 Å². The first-order chi connectivity index (χ1) is 4.63.